The fourth-order valence-electron chi connectivity index (χ4n) is 2.06. The molecule has 0 saturated carbocycles. The maximum absolute atomic E-state index is 12.1. The first kappa shape index (κ1) is 16.2. The number of carbonyl (C=O) groups excluding carboxylic acids is 3. The summed E-state index contributed by atoms with van der Waals surface area (Å²) in [4.78, 5) is 51.5. The monoisotopic (exact) mass is 350 g/mol. The summed E-state index contributed by atoms with van der Waals surface area (Å²) in [6.45, 7) is 1.28. The minimum atomic E-state index is -1.03. The van der Waals surface area contributed by atoms with Gasteiger partial charge in [0, 0.05) is 0 Å². The van der Waals surface area contributed by atoms with Crippen LogP contribution >= 0.6 is 11.8 Å². The molecule has 3 heterocycles. The van der Waals surface area contributed by atoms with Crippen molar-refractivity contribution in [3.05, 3.63) is 12.7 Å². The summed E-state index contributed by atoms with van der Waals surface area (Å²) in [5.41, 5.74) is 0.888. The molecular weight excluding hydrogens is 336 g/mol. The van der Waals surface area contributed by atoms with Crippen LogP contribution in [0.3, 0.4) is 0 Å². The average Bonchev–Trinajstić information content (AvgIpc) is 3.17. The van der Waals surface area contributed by atoms with E-state index in [2.05, 4.69) is 25.3 Å². The zero-order valence-electron chi connectivity index (χ0n) is 12.7. The van der Waals surface area contributed by atoms with Crippen molar-refractivity contribution in [2.24, 2.45) is 0 Å². The third-order valence-corrected chi connectivity index (χ3v) is 4.23. The van der Waals surface area contributed by atoms with E-state index in [0.717, 1.165) is 0 Å². The molecule has 1 atom stereocenters. The van der Waals surface area contributed by atoms with E-state index < -0.39 is 18.0 Å². The van der Waals surface area contributed by atoms with Crippen molar-refractivity contribution in [3.63, 3.8) is 0 Å². The number of H-pyrrole nitrogens is 1. The molecule has 11 heteroatoms. The first-order valence-corrected chi connectivity index (χ1v) is 8.20. The van der Waals surface area contributed by atoms with Crippen LogP contribution in [0.15, 0.2) is 12.7 Å². The molecule has 2 aromatic rings. The van der Waals surface area contributed by atoms with Crippen LogP contribution in [-0.4, -0.2) is 66.9 Å². The predicted octanol–water partition coefficient (Wildman–Crippen LogP) is -0.244. The minimum Gasteiger partial charge on any atom is -0.451 e. The van der Waals surface area contributed by atoms with E-state index in [1.54, 1.807) is 0 Å². The van der Waals surface area contributed by atoms with Crippen LogP contribution in [-0.2, 0) is 19.1 Å². The maximum Gasteiger partial charge on any atom is 0.326 e. The number of rotatable bonds is 5. The van der Waals surface area contributed by atoms with Crippen LogP contribution < -0.4 is 5.32 Å². The van der Waals surface area contributed by atoms with Crippen molar-refractivity contribution in [3.8, 4) is 0 Å². The summed E-state index contributed by atoms with van der Waals surface area (Å²) in [6.07, 6.45) is 1.67. The molecule has 1 unspecified atom stereocenters. The molecule has 1 aliphatic rings. The molecule has 1 saturated heterocycles. The van der Waals surface area contributed by atoms with Crippen molar-refractivity contribution in [1.29, 1.82) is 0 Å². The van der Waals surface area contributed by atoms with Gasteiger partial charge in [0.2, 0.25) is 5.91 Å². The van der Waals surface area contributed by atoms with Crippen LogP contribution in [0.5, 0.6) is 0 Å². The lowest BCUT2D eigenvalue weighted by molar-refractivity contribution is -0.155. The van der Waals surface area contributed by atoms with E-state index in [4.69, 9.17) is 4.74 Å². The first-order chi connectivity index (χ1) is 11.5. The van der Waals surface area contributed by atoms with Crippen molar-refractivity contribution >= 4 is 46.5 Å². The van der Waals surface area contributed by atoms with Gasteiger partial charge in [-0.25, -0.2) is 15.0 Å². The number of nitrogens with zero attached hydrogens (tertiary/aromatic N) is 4. The molecule has 126 valence electrons. The standard InChI is InChI=1S/C13H14N6O4S/c1-7(23-9(21)2-19-6-24-3-8(19)20)13(22)18-12-10-11(15-4-14-10)16-5-17-12/h4-5,7H,2-3,6H2,1H3,(H2,14,15,16,17,18,22). The summed E-state index contributed by atoms with van der Waals surface area (Å²) in [5, 5.41) is 2.56. The fraction of sp³-hybridized carbons (Fsp3) is 0.385. The Morgan fingerprint density at radius 2 is 2.29 bits per heavy atom. The average molecular weight is 350 g/mol. The van der Waals surface area contributed by atoms with Gasteiger partial charge in [-0.3, -0.25) is 14.4 Å². The SMILES string of the molecule is CC(OC(=O)CN1CSCC1=O)C(=O)Nc1ncnc2nc[nH]c12. The molecule has 0 spiro atoms. The van der Waals surface area contributed by atoms with E-state index in [-0.39, 0.29) is 18.3 Å². The van der Waals surface area contributed by atoms with E-state index in [1.165, 1.54) is 36.2 Å². The second kappa shape index (κ2) is 6.83. The molecule has 1 aliphatic heterocycles. The number of nitrogens with one attached hydrogen (secondary N) is 2. The number of hydrogen-bond acceptors (Lipinski definition) is 8. The molecule has 0 radical (unpaired) electrons. The van der Waals surface area contributed by atoms with Gasteiger partial charge in [-0.05, 0) is 6.92 Å². The van der Waals surface area contributed by atoms with E-state index >= 15 is 0 Å². The largest absolute Gasteiger partial charge is 0.451 e. The summed E-state index contributed by atoms with van der Waals surface area (Å²) >= 11 is 1.43. The smallest absolute Gasteiger partial charge is 0.326 e. The number of esters is 1. The Hall–Kier alpha value is -2.69. The molecule has 2 aromatic heterocycles. The Morgan fingerprint density at radius 1 is 1.46 bits per heavy atom. The number of aromatic amines is 1. The molecular formula is C13H14N6O4S. The zero-order valence-corrected chi connectivity index (χ0v) is 13.5. The van der Waals surface area contributed by atoms with Crippen LogP contribution in [0.25, 0.3) is 11.2 Å². The van der Waals surface area contributed by atoms with Gasteiger partial charge in [-0.2, -0.15) is 0 Å². The molecule has 24 heavy (non-hydrogen) atoms. The third kappa shape index (κ3) is 3.45. The highest BCUT2D eigenvalue weighted by Crippen LogP contribution is 2.16. The number of anilines is 1. The van der Waals surface area contributed by atoms with E-state index in [1.807, 2.05) is 0 Å². The highest BCUT2D eigenvalue weighted by atomic mass is 32.2. The molecule has 10 nitrogen and oxygen atoms in total. The number of aromatic nitrogens is 4. The maximum atomic E-state index is 12.1. The molecule has 2 N–H and O–H groups in total. The Morgan fingerprint density at radius 3 is 3.04 bits per heavy atom. The van der Waals surface area contributed by atoms with Gasteiger partial charge in [-0.1, -0.05) is 0 Å². The van der Waals surface area contributed by atoms with Gasteiger partial charge >= 0.3 is 5.97 Å². The summed E-state index contributed by atoms with van der Waals surface area (Å²) in [5.74, 6) is -0.235. The molecule has 0 aromatic carbocycles. The van der Waals surface area contributed by atoms with Crippen molar-refractivity contribution in [1.82, 2.24) is 24.8 Å². The van der Waals surface area contributed by atoms with Gasteiger partial charge in [0.05, 0.1) is 18.0 Å². The molecule has 0 aliphatic carbocycles. The minimum absolute atomic E-state index is 0.114. The number of carbonyl (C=O) groups is 3. The van der Waals surface area contributed by atoms with Crippen LogP contribution in [0.1, 0.15) is 6.92 Å². The van der Waals surface area contributed by atoms with Crippen molar-refractivity contribution in [2.45, 2.75) is 13.0 Å². The highest BCUT2D eigenvalue weighted by Gasteiger charge is 2.26. The highest BCUT2D eigenvalue weighted by molar-refractivity contribution is 8.00. The third-order valence-electron chi connectivity index (χ3n) is 3.29. The number of thioether (sulfide) groups is 1. The predicted molar refractivity (Wildman–Crippen MR) is 84.9 cm³/mol. The quantitative estimate of drug-likeness (QED) is 0.706. The molecule has 3 rings (SSSR count). The number of amides is 2. The Kier molecular flexibility index (Phi) is 4.60. The summed E-state index contributed by atoms with van der Waals surface area (Å²) < 4.78 is 5.06. The van der Waals surface area contributed by atoms with E-state index in [0.29, 0.717) is 22.8 Å². The number of fused-ring (bicyclic) bond motifs is 1. The topological polar surface area (TPSA) is 130 Å². The van der Waals surface area contributed by atoms with Crippen molar-refractivity contribution in [2.75, 3.05) is 23.5 Å². The van der Waals surface area contributed by atoms with Crippen LogP contribution in [0.2, 0.25) is 0 Å². The van der Waals surface area contributed by atoms with Gasteiger partial charge < -0.3 is 19.9 Å². The van der Waals surface area contributed by atoms with Gasteiger partial charge in [-0.15, -0.1) is 11.8 Å². The second-order valence-electron chi connectivity index (χ2n) is 5.01. The Balaban J connectivity index is 1.57. The summed E-state index contributed by atoms with van der Waals surface area (Å²) in [7, 11) is 0. The first-order valence-electron chi connectivity index (χ1n) is 7.04. The number of imidazole rings is 1. The number of ether oxygens (including phenoxy) is 1. The lowest BCUT2D eigenvalue weighted by Gasteiger charge is -2.17. The zero-order chi connectivity index (χ0) is 17.1. The molecule has 1 fully saturated rings. The second-order valence-corrected chi connectivity index (χ2v) is 5.97. The van der Waals surface area contributed by atoms with Gasteiger partial charge in [0.1, 0.15) is 18.4 Å². The summed E-state index contributed by atoms with van der Waals surface area (Å²) in [6, 6.07) is 0. The Bertz CT molecular complexity index is 794. The molecule has 0 bridgehead atoms. The van der Waals surface area contributed by atoms with Gasteiger partial charge in [0.15, 0.2) is 17.6 Å². The Labute approximate surface area is 140 Å². The van der Waals surface area contributed by atoms with E-state index in [9.17, 15) is 14.4 Å². The van der Waals surface area contributed by atoms with Crippen LogP contribution in [0, 0.1) is 0 Å². The van der Waals surface area contributed by atoms with Crippen LogP contribution in [0.4, 0.5) is 5.82 Å². The number of hydrogen-bond donors (Lipinski definition) is 2. The fourth-order valence-corrected chi connectivity index (χ4v) is 2.97. The lowest BCUT2D eigenvalue weighted by Crippen LogP contribution is -2.36. The molecule has 2 amide bonds. The lowest BCUT2D eigenvalue weighted by atomic mass is 10.3. The van der Waals surface area contributed by atoms with Gasteiger partial charge in [0.25, 0.3) is 5.91 Å². The van der Waals surface area contributed by atoms with Crippen molar-refractivity contribution < 1.29 is 19.1 Å². The normalized spacial score (nSPS) is 15.5.